The fourth-order valence-corrected chi connectivity index (χ4v) is 2.30. The van der Waals surface area contributed by atoms with Crippen LogP contribution in [0.15, 0.2) is 29.4 Å². The predicted molar refractivity (Wildman–Crippen MR) is 73.2 cm³/mol. The second-order valence-electron chi connectivity index (χ2n) is 3.41. The van der Waals surface area contributed by atoms with Gasteiger partial charge in [-0.15, -0.1) is 12.4 Å². The van der Waals surface area contributed by atoms with Gasteiger partial charge in [0.25, 0.3) is 11.1 Å². The first-order valence-corrected chi connectivity index (χ1v) is 5.89. The number of hydrogen-bond donors (Lipinski definition) is 1. The van der Waals surface area contributed by atoms with E-state index < -0.39 is 0 Å². The van der Waals surface area contributed by atoms with E-state index in [9.17, 15) is 9.59 Å². The minimum absolute atomic E-state index is 0. The molecule has 1 fully saturated rings. The largest absolute Gasteiger partial charge is 0.329 e. The number of thioether (sulfide) groups is 1. The van der Waals surface area contributed by atoms with Crippen LogP contribution in [0, 0.1) is 0 Å². The summed E-state index contributed by atoms with van der Waals surface area (Å²) < 4.78 is 0. The predicted octanol–water partition coefficient (Wildman–Crippen LogP) is 1.50. The molecule has 1 aromatic heterocycles. The first kappa shape index (κ1) is 14.7. The number of nitrogens with two attached hydrogens (primary N) is 1. The summed E-state index contributed by atoms with van der Waals surface area (Å²) >= 11 is 0.932. The molecule has 96 valence electrons. The molecule has 1 aromatic rings. The van der Waals surface area contributed by atoms with Crippen molar-refractivity contribution >= 4 is 41.4 Å². The molecule has 0 aromatic carbocycles. The molecular formula is C11H12ClN3O2S. The standard InChI is InChI=1S/C11H11N3O2S.ClH/c12-3-5-14-10(15)9(17-11(14)16)6-8-2-1-4-13-7-8;/h1-2,4,6-7H,3,5,12H2;1H/b9-6-;. The Bertz CT molecular complexity index is 478. The summed E-state index contributed by atoms with van der Waals surface area (Å²) in [6, 6.07) is 3.60. The number of amides is 2. The molecule has 0 bridgehead atoms. The molecule has 2 rings (SSSR count). The molecule has 0 spiro atoms. The summed E-state index contributed by atoms with van der Waals surface area (Å²) in [4.78, 5) is 28.9. The van der Waals surface area contributed by atoms with Crippen molar-refractivity contribution in [2.24, 2.45) is 5.73 Å². The number of carbonyl (C=O) groups is 2. The molecule has 18 heavy (non-hydrogen) atoms. The van der Waals surface area contributed by atoms with Gasteiger partial charge in [-0.05, 0) is 29.5 Å². The van der Waals surface area contributed by atoms with Gasteiger partial charge in [0, 0.05) is 25.5 Å². The van der Waals surface area contributed by atoms with Crippen LogP contribution in [-0.2, 0) is 4.79 Å². The van der Waals surface area contributed by atoms with E-state index in [1.54, 1.807) is 24.5 Å². The van der Waals surface area contributed by atoms with E-state index in [-0.39, 0.29) is 36.6 Å². The van der Waals surface area contributed by atoms with E-state index in [4.69, 9.17) is 5.73 Å². The van der Waals surface area contributed by atoms with Crippen molar-refractivity contribution in [2.45, 2.75) is 0 Å². The number of carbonyl (C=O) groups excluding carboxylic acids is 2. The SMILES string of the molecule is Cl.NCCN1C(=O)S/C(=C\c2cccnc2)C1=O. The summed E-state index contributed by atoms with van der Waals surface area (Å²) in [5, 5.41) is -0.268. The maximum Gasteiger partial charge on any atom is 0.293 e. The van der Waals surface area contributed by atoms with Crippen LogP contribution in [0.5, 0.6) is 0 Å². The average molecular weight is 286 g/mol. The quantitative estimate of drug-likeness (QED) is 0.852. The molecular weight excluding hydrogens is 274 g/mol. The molecule has 7 heteroatoms. The Morgan fingerprint density at radius 3 is 2.83 bits per heavy atom. The topological polar surface area (TPSA) is 76.3 Å². The van der Waals surface area contributed by atoms with Crippen molar-refractivity contribution in [1.82, 2.24) is 9.88 Å². The van der Waals surface area contributed by atoms with Crippen LogP contribution < -0.4 is 5.73 Å². The lowest BCUT2D eigenvalue weighted by atomic mass is 10.2. The van der Waals surface area contributed by atoms with Crippen LogP contribution in [0.1, 0.15) is 5.56 Å². The Morgan fingerprint density at radius 2 is 2.22 bits per heavy atom. The summed E-state index contributed by atoms with van der Waals surface area (Å²) in [6.07, 6.45) is 4.95. The van der Waals surface area contributed by atoms with Crippen molar-refractivity contribution in [3.63, 3.8) is 0 Å². The van der Waals surface area contributed by atoms with Gasteiger partial charge in [0.2, 0.25) is 0 Å². The van der Waals surface area contributed by atoms with Crippen LogP contribution in [0.4, 0.5) is 4.79 Å². The molecule has 2 heterocycles. The summed E-state index contributed by atoms with van der Waals surface area (Å²) in [5.41, 5.74) is 6.14. The smallest absolute Gasteiger partial charge is 0.293 e. The zero-order valence-electron chi connectivity index (χ0n) is 9.41. The van der Waals surface area contributed by atoms with Gasteiger partial charge < -0.3 is 5.73 Å². The van der Waals surface area contributed by atoms with Crippen molar-refractivity contribution < 1.29 is 9.59 Å². The van der Waals surface area contributed by atoms with Crippen molar-refractivity contribution in [3.05, 3.63) is 35.0 Å². The minimum atomic E-state index is -0.283. The zero-order valence-corrected chi connectivity index (χ0v) is 11.0. The van der Waals surface area contributed by atoms with Crippen molar-refractivity contribution in [2.75, 3.05) is 13.1 Å². The Hall–Kier alpha value is -1.37. The molecule has 2 amide bonds. The Kier molecular flexibility index (Phi) is 5.33. The van der Waals surface area contributed by atoms with Crippen LogP contribution in [-0.4, -0.2) is 34.1 Å². The number of nitrogens with zero attached hydrogens (tertiary/aromatic N) is 2. The van der Waals surface area contributed by atoms with Gasteiger partial charge in [-0.25, -0.2) is 0 Å². The number of pyridine rings is 1. The van der Waals surface area contributed by atoms with E-state index >= 15 is 0 Å². The van der Waals surface area contributed by atoms with Crippen LogP contribution in [0.3, 0.4) is 0 Å². The second kappa shape index (κ2) is 6.53. The molecule has 0 radical (unpaired) electrons. The number of rotatable bonds is 3. The average Bonchev–Trinajstić information content (AvgIpc) is 2.59. The third-order valence-corrected chi connectivity index (χ3v) is 3.12. The molecule has 0 atom stereocenters. The van der Waals surface area contributed by atoms with Crippen molar-refractivity contribution in [1.29, 1.82) is 0 Å². The second-order valence-corrected chi connectivity index (χ2v) is 4.40. The zero-order chi connectivity index (χ0) is 12.3. The Morgan fingerprint density at radius 1 is 1.44 bits per heavy atom. The molecule has 0 saturated carbocycles. The van der Waals surface area contributed by atoms with E-state index in [1.807, 2.05) is 6.07 Å². The Labute approximate surface area is 115 Å². The lowest BCUT2D eigenvalue weighted by molar-refractivity contribution is -0.122. The third kappa shape index (κ3) is 3.10. The third-order valence-electron chi connectivity index (χ3n) is 2.21. The number of aromatic nitrogens is 1. The monoisotopic (exact) mass is 285 g/mol. The van der Waals surface area contributed by atoms with Gasteiger partial charge >= 0.3 is 0 Å². The van der Waals surface area contributed by atoms with E-state index in [1.165, 1.54) is 0 Å². The van der Waals surface area contributed by atoms with Gasteiger partial charge in [0.05, 0.1) is 4.91 Å². The fraction of sp³-hybridized carbons (Fsp3) is 0.182. The maximum absolute atomic E-state index is 11.9. The molecule has 0 aliphatic carbocycles. The lowest BCUT2D eigenvalue weighted by Gasteiger charge is -2.09. The minimum Gasteiger partial charge on any atom is -0.329 e. The highest BCUT2D eigenvalue weighted by Crippen LogP contribution is 2.31. The fourth-order valence-electron chi connectivity index (χ4n) is 1.43. The molecule has 1 aliphatic rings. The number of imide groups is 1. The number of halogens is 1. The highest BCUT2D eigenvalue weighted by atomic mass is 35.5. The first-order chi connectivity index (χ1) is 8.22. The van der Waals surface area contributed by atoms with Gasteiger partial charge in [-0.2, -0.15) is 0 Å². The van der Waals surface area contributed by atoms with E-state index in [2.05, 4.69) is 4.98 Å². The molecule has 1 aliphatic heterocycles. The van der Waals surface area contributed by atoms with E-state index in [0.29, 0.717) is 4.91 Å². The molecule has 2 N–H and O–H groups in total. The molecule has 5 nitrogen and oxygen atoms in total. The van der Waals surface area contributed by atoms with Gasteiger partial charge in [-0.1, -0.05) is 6.07 Å². The normalized spacial score (nSPS) is 17.2. The van der Waals surface area contributed by atoms with Crippen LogP contribution in [0.2, 0.25) is 0 Å². The maximum atomic E-state index is 11.9. The lowest BCUT2D eigenvalue weighted by Crippen LogP contribution is -2.33. The van der Waals surface area contributed by atoms with Crippen LogP contribution >= 0.6 is 24.2 Å². The summed E-state index contributed by atoms with van der Waals surface area (Å²) in [6.45, 7) is 0.535. The first-order valence-electron chi connectivity index (χ1n) is 5.08. The highest BCUT2D eigenvalue weighted by molar-refractivity contribution is 8.18. The summed E-state index contributed by atoms with van der Waals surface area (Å²) in [7, 11) is 0. The number of hydrogen-bond acceptors (Lipinski definition) is 5. The molecule has 1 saturated heterocycles. The molecule has 0 unspecified atom stereocenters. The van der Waals surface area contributed by atoms with Gasteiger partial charge in [0.1, 0.15) is 0 Å². The van der Waals surface area contributed by atoms with Gasteiger partial charge in [-0.3, -0.25) is 19.5 Å². The Balaban J connectivity index is 0.00000162. The van der Waals surface area contributed by atoms with Gasteiger partial charge in [0.15, 0.2) is 0 Å². The van der Waals surface area contributed by atoms with E-state index in [0.717, 1.165) is 22.2 Å². The summed E-state index contributed by atoms with van der Waals surface area (Å²) in [5.74, 6) is -0.283. The van der Waals surface area contributed by atoms with Crippen molar-refractivity contribution in [3.8, 4) is 0 Å². The van der Waals surface area contributed by atoms with Crippen LogP contribution in [0.25, 0.3) is 6.08 Å². The highest BCUT2D eigenvalue weighted by Gasteiger charge is 2.34.